The second-order valence-corrected chi connectivity index (χ2v) is 9.86. The largest absolute Gasteiger partial charge is 0.443 e. The maximum Gasteiger partial charge on any atom is 0.254 e. The lowest BCUT2D eigenvalue weighted by Gasteiger charge is -2.48. The topological polar surface area (TPSA) is 114 Å². The third-order valence-electron chi connectivity index (χ3n) is 6.67. The first-order chi connectivity index (χ1) is 18.6. The Morgan fingerprint density at radius 2 is 1.90 bits per heavy atom. The van der Waals surface area contributed by atoms with Gasteiger partial charge < -0.3 is 19.4 Å². The zero-order valence-electron chi connectivity index (χ0n) is 21.5. The van der Waals surface area contributed by atoms with Gasteiger partial charge in [-0.25, -0.2) is 23.7 Å². The van der Waals surface area contributed by atoms with Crippen molar-refractivity contribution in [3.63, 3.8) is 0 Å². The van der Waals surface area contributed by atoms with Gasteiger partial charge in [0.25, 0.3) is 5.91 Å². The molecule has 5 rings (SSSR count). The molecule has 2 aromatic carbocycles. The second kappa shape index (κ2) is 10.4. The van der Waals surface area contributed by atoms with Gasteiger partial charge in [-0.1, -0.05) is 0 Å². The van der Waals surface area contributed by atoms with E-state index in [2.05, 4.69) is 20.3 Å². The van der Waals surface area contributed by atoms with Crippen molar-refractivity contribution in [3.05, 3.63) is 72.4 Å². The zero-order valence-corrected chi connectivity index (χ0v) is 21.5. The maximum absolute atomic E-state index is 13.8. The van der Waals surface area contributed by atoms with E-state index >= 15 is 0 Å². The van der Waals surface area contributed by atoms with Gasteiger partial charge in [-0.15, -0.1) is 0 Å². The van der Waals surface area contributed by atoms with Gasteiger partial charge in [-0.05, 0) is 51.1 Å². The van der Waals surface area contributed by atoms with E-state index < -0.39 is 23.2 Å². The first kappa shape index (κ1) is 26.2. The number of ether oxygens (including phenoxy) is 1. The van der Waals surface area contributed by atoms with Crippen molar-refractivity contribution in [2.45, 2.75) is 32.4 Å². The van der Waals surface area contributed by atoms with Crippen molar-refractivity contribution in [2.24, 2.45) is 0 Å². The van der Waals surface area contributed by atoms with Crippen molar-refractivity contribution in [3.8, 4) is 11.6 Å². The van der Waals surface area contributed by atoms with Crippen LogP contribution in [-0.2, 0) is 4.79 Å². The van der Waals surface area contributed by atoms with Crippen LogP contribution in [0.1, 0.15) is 31.1 Å². The highest BCUT2D eigenvalue weighted by atomic mass is 19.1. The molecule has 1 aliphatic heterocycles. The van der Waals surface area contributed by atoms with Gasteiger partial charge in [-0.3, -0.25) is 14.5 Å². The molecule has 0 spiro atoms. The van der Waals surface area contributed by atoms with Crippen LogP contribution in [0, 0.1) is 11.6 Å². The quantitative estimate of drug-likeness (QED) is 0.389. The molecule has 1 fully saturated rings. The van der Waals surface area contributed by atoms with Crippen molar-refractivity contribution in [1.29, 1.82) is 0 Å². The first-order valence-electron chi connectivity index (χ1n) is 12.3. The van der Waals surface area contributed by atoms with Gasteiger partial charge in [0.2, 0.25) is 11.8 Å². The summed E-state index contributed by atoms with van der Waals surface area (Å²) in [6.07, 6.45) is 3.86. The minimum absolute atomic E-state index is 0.0171. The van der Waals surface area contributed by atoms with Crippen LogP contribution in [0.2, 0.25) is 0 Å². The van der Waals surface area contributed by atoms with Gasteiger partial charge in [-0.2, -0.15) is 0 Å². The van der Waals surface area contributed by atoms with Crippen LogP contribution in [0.5, 0.6) is 11.6 Å². The molecule has 0 unspecified atom stereocenters. The van der Waals surface area contributed by atoms with Gasteiger partial charge in [0.15, 0.2) is 29.4 Å². The highest BCUT2D eigenvalue weighted by molar-refractivity contribution is 5.97. The van der Waals surface area contributed by atoms with Crippen LogP contribution >= 0.6 is 0 Å². The number of piperazine rings is 1. The summed E-state index contributed by atoms with van der Waals surface area (Å²) >= 11 is 0. The Hall–Kier alpha value is -4.45. The Labute approximate surface area is 222 Å². The number of nitrogens with zero attached hydrogens (tertiary/aromatic N) is 5. The summed E-state index contributed by atoms with van der Waals surface area (Å²) in [7, 11) is 0. The molecule has 39 heavy (non-hydrogen) atoms. The van der Waals surface area contributed by atoms with E-state index in [0.717, 1.165) is 12.1 Å². The van der Waals surface area contributed by atoms with Crippen LogP contribution in [0.25, 0.3) is 11.1 Å². The van der Waals surface area contributed by atoms with E-state index in [1.54, 1.807) is 30.0 Å². The van der Waals surface area contributed by atoms with Crippen molar-refractivity contribution in [1.82, 2.24) is 24.8 Å². The van der Waals surface area contributed by atoms with Crippen LogP contribution < -0.4 is 10.1 Å². The van der Waals surface area contributed by atoms with Gasteiger partial charge in [0, 0.05) is 31.3 Å². The number of anilines is 1. The summed E-state index contributed by atoms with van der Waals surface area (Å²) < 4.78 is 37.5. The smallest absolute Gasteiger partial charge is 0.254 e. The van der Waals surface area contributed by atoms with Crippen LogP contribution in [0.15, 0.2) is 59.6 Å². The summed E-state index contributed by atoms with van der Waals surface area (Å²) in [5.74, 6) is -2.04. The molecule has 0 radical (unpaired) electrons. The third-order valence-corrected chi connectivity index (χ3v) is 6.67. The number of halogens is 2. The normalized spacial score (nSPS) is 16.2. The first-order valence-corrected chi connectivity index (χ1v) is 12.3. The molecule has 12 heteroatoms. The van der Waals surface area contributed by atoms with Crippen LogP contribution in [0.4, 0.5) is 14.6 Å². The number of oxazole rings is 1. The summed E-state index contributed by atoms with van der Waals surface area (Å²) in [6, 6.07) is 7.58. The summed E-state index contributed by atoms with van der Waals surface area (Å²) in [5.41, 5.74) is 1.20. The molecule has 1 atom stereocenters. The Bertz CT molecular complexity index is 1520. The molecule has 1 saturated heterocycles. The molecule has 3 heterocycles. The van der Waals surface area contributed by atoms with E-state index in [-0.39, 0.29) is 29.3 Å². The number of aromatic nitrogens is 3. The minimum Gasteiger partial charge on any atom is -0.443 e. The van der Waals surface area contributed by atoms with E-state index in [9.17, 15) is 18.4 Å². The number of carbonyl (C=O) groups is 2. The minimum atomic E-state index is -0.872. The van der Waals surface area contributed by atoms with Crippen molar-refractivity contribution in [2.75, 3.05) is 25.0 Å². The van der Waals surface area contributed by atoms with E-state index in [1.165, 1.54) is 18.8 Å². The molecular formula is C27H26F2N6O4. The number of fused-ring (bicyclic) bond motifs is 1. The molecule has 2 aromatic heterocycles. The molecule has 1 aliphatic rings. The number of hydrogen-bond donors (Lipinski definition) is 1. The molecule has 2 amide bonds. The number of rotatable bonds is 6. The molecule has 10 nitrogen and oxygen atoms in total. The molecule has 0 bridgehead atoms. The van der Waals surface area contributed by atoms with Crippen LogP contribution in [-0.4, -0.2) is 67.8 Å². The fourth-order valence-corrected chi connectivity index (χ4v) is 4.54. The van der Waals surface area contributed by atoms with Gasteiger partial charge >= 0.3 is 0 Å². The Balaban J connectivity index is 1.19. The monoisotopic (exact) mass is 536 g/mol. The van der Waals surface area contributed by atoms with Gasteiger partial charge in [0.05, 0.1) is 24.0 Å². The average Bonchev–Trinajstić information content (AvgIpc) is 3.38. The Morgan fingerprint density at radius 3 is 2.62 bits per heavy atom. The Morgan fingerprint density at radius 1 is 1.08 bits per heavy atom. The zero-order chi connectivity index (χ0) is 27.7. The fourth-order valence-electron chi connectivity index (χ4n) is 4.54. The SMILES string of the molecule is C[C@@H](C(=O)Nc1cnc(Oc2ccc(F)cc2F)cn1)N1CCN(C(=O)c2ccc3ncoc3c2)C(C)(C)C1. The summed E-state index contributed by atoms with van der Waals surface area (Å²) in [6.45, 7) is 7.10. The highest BCUT2D eigenvalue weighted by Gasteiger charge is 2.39. The highest BCUT2D eigenvalue weighted by Crippen LogP contribution is 2.27. The molecular weight excluding hydrogens is 510 g/mol. The number of benzene rings is 2. The summed E-state index contributed by atoms with van der Waals surface area (Å²) in [4.78, 5) is 42.3. The lowest BCUT2D eigenvalue weighted by Crippen LogP contribution is -2.63. The number of amides is 2. The van der Waals surface area contributed by atoms with E-state index in [1.807, 2.05) is 18.7 Å². The summed E-state index contributed by atoms with van der Waals surface area (Å²) in [5, 5.41) is 2.72. The van der Waals surface area contributed by atoms with Crippen molar-refractivity contribution >= 4 is 28.7 Å². The number of carbonyl (C=O) groups excluding carboxylic acids is 2. The number of nitrogens with one attached hydrogen (secondary N) is 1. The lowest BCUT2D eigenvalue weighted by atomic mass is 9.96. The van der Waals surface area contributed by atoms with E-state index in [4.69, 9.17) is 9.15 Å². The maximum atomic E-state index is 13.8. The molecule has 202 valence electrons. The predicted molar refractivity (Wildman–Crippen MR) is 137 cm³/mol. The molecule has 1 N–H and O–H groups in total. The predicted octanol–water partition coefficient (Wildman–Crippen LogP) is 4.25. The fraction of sp³-hybridized carbons (Fsp3) is 0.296. The number of hydrogen-bond acceptors (Lipinski definition) is 8. The van der Waals surface area contributed by atoms with E-state index in [0.29, 0.717) is 42.4 Å². The molecule has 0 aliphatic carbocycles. The van der Waals surface area contributed by atoms with Crippen molar-refractivity contribution < 1.29 is 27.5 Å². The van der Waals surface area contributed by atoms with Crippen LogP contribution in [0.3, 0.4) is 0 Å². The van der Waals surface area contributed by atoms with Gasteiger partial charge in [0.1, 0.15) is 11.3 Å². The standard InChI is InChI=1S/C27H26F2N6O4/c1-16(25(36)33-23-12-31-24(13-30-23)39-21-7-5-18(28)11-19(21)29)34-8-9-35(27(2,3)14-34)26(37)17-4-6-20-22(10-17)38-15-32-20/h4-7,10-13,15-16H,8-9,14H2,1-3H3,(H,30,33,36)/t16-/m0/s1. The molecule has 0 saturated carbocycles. The average molecular weight is 537 g/mol. The Kier molecular flexibility index (Phi) is 6.96. The lowest BCUT2D eigenvalue weighted by molar-refractivity contribution is -0.122. The third kappa shape index (κ3) is 5.55. The second-order valence-electron chi connectivity index (χ2n) is 9.86. The molecule has 4 aromatic rings.